The molecule has 0 saturated carbocycles. The number of alkyl carbamates (subject to hydrolysis) is 1. The fourth-order valence-corrected chi connectivity index (χ4v) is 2.53. The first-order valence-corrected chi connectivity index (χ1v) is 7.58. The summed E-state index contributed by atoms with van der Waals surface area (Å²) in [7, 11) is 0. The van der Waals surface area contributed by atoms with Gasteiger partial charge in [0.2, 0.25) is 0 Å². The number of hydrogen-bond donors (Lipinski definition) is 2. The minimum Gasteiger partial charge on any atom is -0.445 e. The van der Waals surface area contributed by atoms with Crippen LogP contribution in [-0.2, 0) is 11.3 Å². The molecule has 1 unspecified atom stereocenters. The fourth-order valence-electron chi connectivity index (χ4n) is 2.53. The number of piperidine rings is 1. The fraction of sp³-hybridized carbons (Fsp3) is 0.562. The monoisotopic (exact) mass is 292 g/mol. The van der Waals surface area contributed by atoms with Crippen molar-refractivity contribution >= 4 is 6.09 Å². The molecule has 1 aromatic carbocycles. The van der Waals surface area contributed by atoms with Gasteiger partial charge in [-0.1, -0.05) is 36.8 Å². The Bertz CT molecular complexity index is 419. The number of carbonyl (C=O) groups excluding carboxylic acids is 1. The highest BCUT2D eigenvalue weighted by molar-refractivity contribution is 5.67. The summed E-state index contributed by atoms with van der Waals surface area (Å²) in [6.07, 6.45) is 3.18. The number of nitrogens with one attached hydrogen (secondary N) is 1. The highest BCUT2D eigenvalue weighted by Gasteiger charge is 2.18. The molecule has 5 nitrogen and oxygen atoms in total. The van der Waals surface area contributed by atoms with Crippen molar-refractivity contribution in [2.75, 3.05) is 26.2 Å². The molecule has 2 N–H and O–H groups in total. The Hall–Kier alpha value is -1.59. The van der Waals surface area contributed by atoms with Crippen molar-refractivity contribution in [2.24, 2.45) is 0 Å². The molecule has 1 aromatic rings. The van der Waals surface area contributed by atoms with Crippen LogP contribution in [-0.4, -0.2) is 48.4 Å². The molecule has 1 fully saturated rings. The van der Waals surface area contributed by atoms with Gasteiger partial charge < -0.3 is 20.1 Å². The molecule has 1 saturated heterocycles. The summed E-state index contributed by atoms with van der Waals surface area (Å²) in [5.41, 5.74) is 0.948. The van der Waals surface area contributed by atoms with Crippen molar-refractivity contribution in [1.82, 2.24) is 10.2 Å². The number of carbonyl (C=O) groups is 1. The number of aliphatic hydroxyl groups excluding tert-OH is 1. The van der Waals surface area contributed by atoms with Gasteiger partial charge in [0.25, 0.3) is 0 Å². The van der Waals surface area contributed by atoms with Gasteiger partial charge in [-0.15, -0.1) is 0 Å². The second kappa shape index (κ2) is 8.64. The van der Waals surface area contributed by atoms with Crippen molar-refractivity contribution < 1.29 is 14.6 Å². The Morgan fingerprint density at radius 1 is 1.24 bits per heavy atom. The molecule has 0 radical (unpaired) electrons. The first-order chi connectivity index (χ1) is 10.3. The van der Waals surface area contributed by atoms with Crippen LogP contribution in [0.1, 0.15) is 24.8 Å². The first-order valence-electron chi connectivity index (χ1n) is 7.58. The molecule has 5 heteroatoms. The van der Waals surface area contributed by atoms with E-state index in [4.69, 9.17) is 4.74 Å². The second-order valence-electron chi connectivity index (χ2n) is 5.45. The van der Waals surface area contributed by atoms with Crippen molar-refractivity contribution in [3.05, 3.63) is 35.9 Å². The van der Waals surface area contributed by atoms with Gasteiger partial charge in [0.05, 0.1) is 12.6 Å². The molecular formula is C16H24N2O3. The van der Waals surface area contributed by atoms with E-state index in [0.717, 1.165) is 18.7 Å². The van der Waals surface area contributed by atoms with Gasteiger partial charge in [-0.2, -0.15) is 0 Å². The Kier molecular flexibility index (Phi) is 6.50. The maximum atomic E-state index is 11.8. The van der Waals surface area contributed by atoms with Crippen molar-refractivity contribution in [3.63, 3.8) is 0 Å². The number of amides is 1. The van der Waals surface area contributed by atoms with Gasteiger partial charge >= 0.3 is 6.09 Å². The minimum absolute atomic E-state index is 0.0725. The van der Waals surface area contributed by atoms with E-state index in [1.165, 1.54) is 19.3 Å². The molecule has 2 rings (SSSR count). The van der Waals surface area contributed by atoms with Gasteiger partial charge in [-0.25, -0.2) is 4.79 Å². The van der Waals surface area contributed by atoms with E-state index in [2.05, 4.69) is 10.2 Å². The van der Waals surface area contributed by atoms with Gasteiger partial charge in [0.15, 0.2) is 0 Å². The number of nitrogens with zero attached hydrogens (tertiary/aromatic N) is 1. The first kappa shape index (κ1) is 15.8. The van der Waals surface area contributed by atoms with Crippen LogP contribution < -0.4 is 5.32 Å². The lowest BCUT2D eigenvalue weighted by Gasteiger charge is -2.29. The van der Waals surface area contributed by atoms with Crippen molar-refractivity contribution in [3.8, 4) is 0 Å². The van der Waals surface area contributed by atoms with Crippen molar-refractivity contribution in [1.29, 1.82) is 0 Å². The molecule has 1 heterocycles. The van der Waals surface area contributed by atoms with Crippen LogP contribution in [0.5, 0.6) is 0 Å². The number of hydrogen-bond acceptors (Lipinski definition) is 4. The standard InChI is InChI=1S/C16H24N2O3/c19-12-15(11-18-9-5-2-6-10-18)17-16(20)21-13-14-7-3-1-4-8-14/h1,3-4,7-8,15,19H,2,5-6,9-13H2,(H,17,20). The van der Waals surface area contributed by atoms with E-state index in [1.807, 2.05) is 30.3 Å². The normalized spacial score (nSPS) is 17.2. The summed E-state index contributed by atoms with van der Waals surface area (Å²) in [6.45, 7) is 2.93. The smallest absolute Gasteiger partial charge is 0.407 e. The van der Waals surface area contributed by atoms with Crippen LogP contribution in [0.25, 0.3) is 0 Å². The van der Waals surface area contributed by atoms with E-state index < -0.39 is 6.09 Å². The van der Waals surface area contributed by atoms with Gasteiger partial charge in [0, 0.05) is 6.54 Å². The molecule has 1 aliphatic rings. The number of benzene rings is 1. The summed E-state index contributed by atoms with van der Waals surface area (Å²) >= 11 is 0. The predicted molar refractivity (Wildman–Crippen MR) is 80.9 cm³/mol. The summed E-state index contributed by atoms with van der Waals surface area (Å²) in [6, 6.07) is 9.28. The Morgan fingerprint density at radius 3 is 2.62 bits per heavy atom. The van der Waals surface area contributed by atoms with Gasteiger partial charge in [-0.3, -0.25) is 0 Å². The molecule has 0 spiro atoms. The third-order valence-electron chi connectivity index (χ3n) is 3.68. The molecule has 1 aliphatic heterocycles. The van der Waals surface area contributed by atoms with E-state index in [0.29, 0.717) is 6.54 Å². The van der Waals surface area contributed by atoms with Crippen LogP contribution in [0.4, 0.5) is 4.79 Å². The van der Waals surface area contributed by atoms with Gasteiger partial charge in [-0.05, 0) is 31.5 Å². The third-order valence-corrected chi connectivity index (χ3v) is 3.68. The zero-order valence-corrected chi connectivity index (χ0v) is 12.3. The lowest BCUT2D eigenvalue weighted by molar-refractivity contribution is 0.118. The molecule has 1 atom stereocenters. The zero-order valence-electron chi connectivity index (χ0n) is 12.3. The largest absolute Gasteiger partial charge is 0.445 e. The van der Waals surface area contributed by atoms with E-state index >= 15 is 0 Å². The molecule has 21 heavy (non-hydrogen) atoms. The average molecular weight is 292 g/mol. The lowest BCUT2D eigenvalue weighted by Crippen LogP contribution is -2.47. The number of rotatable bonds is 6. The number of aliphatic hydroxyl groups is 1. The quantitative estimate of drug-likeness (QED) is 0.838. The highest BCUT2D eigenvalue weighted by Crippen LogP contribution is 2.09. The van der Waals surface area contributed by atoms with E-state index in [-0.39, 0.29) is 19.3 Å². The Balaban J connectivity index is 1.71. The lowest BCUT2D eigenvalue weighted by atomic mass is 10.1. The van der Waals surface area contributed by atoms with E-state index in [9.17, 15) is 9.90 Å². The minimum atomic E-state index is -0.477. The van der Waals surface area contributed by atoms with Crippen LogP contribution in [0, 0.1) is 0 Å². The Labute approximate surface area is 125 Å². The average Bonchev–Trinajstić information content (AvgIpc) is 2.54. The van der Waals surface area contributed by atoms with Crippen LogP contribution in [0.15, 0.2) is 30.3 Å². The van der Waals surface area contributed by atoms with E-state index in [1.54, 1.807) is 0 Å². The maximum Gasteiger partial charge on any atom is 0.407 e. The maximum absolute atomic E-state index is 11.8. The van der Waals surface area contributed by atoms with Gasteiger partial charge in [0.1, 0.15) is 6.61 Å². The third kappa shape index (κ3) is 5.73. The number of ether oxygens (including phenoxy) is 1. The summed E-state index contributed by atoms with van der Waals surface area (Å²) in [5.74, 6) is 0. The SMILES string of the molecule is O=C(NC(CO)CN1CCCCC1)OCc1ccccc1. The molecule has 0 bridgehead atoms. The second-order valence-corrected chi connectivity index (χ2v) is 5.45. The van der Waals surface area contributed by atoms with Crippen molar-refractivity contribution in [2.45, 2.75) is 31.9 Å². The van der Waals surface area contributed by atoms with Crippen LogP contribution >= 0.6 is 0 Å². The predicted octanol–water partition coefficient (Wildman–Crippen LogP) is 1.76. The Morgan fingerprint density at radius 2 is 1.95 bits per heavy atom. The summed E-state index contributed by atoms with van der Waals surface area (Å²) in [5, 5.41) is 12.1. The summed E-state index contributed by atoms with van der Waals surface area (Å²) < 4.78 is 5.17. The molecular weight excluding hydrogens is 268 g/mol. The molecule has 1 amide bonds. The molecule has 116 valence electrons. The zero-order chi connectivity index (χ0) is 14.9. The number of likely N-dealkylation sites (tertiary alicyclic amines) is 1. The highest BCUT2D eigenvalue weighted by atomic mass is 16.5. The van der Waals surface area contributed by atoms with Crippen LogP contribution in [0.2, 0.25) is 0 Å². The topological polar surface area (TPSA) is 61.8 Å². The summed E-state index contributed by atoms with van der Waals surface area (Å²) in [4.78, 5) is 14.0. The molecule has 0 aliphatic carbocycles. The van der Waals surface area contributed by atoms with Crippen LogP contribution in [0.3, 0.4) is 0 Å². The molecule has 0 aromatic heterocycles.